The van der Waals surface area contributed by atoms with Crippen LogP contribution in [0.3, 0.4) is 0 Å². The van der Waals surface area contributed by atoms with E-state index in [9.17, 15) is 0 Å². The summed E-state index contributed by atoms with van der Waals surface area (Å²) in [6, 6.07) is 3.36. The van der Waals surface area contributed by atoms with E-state index in [1.54, 1.807) is 29.7 Å². The van der Waals surface area contributed by atoms with Crippen LogP contribution in [0.25, 0.3) is 0 Å². The molecule has 2 aromatic rings. The summed E-state index contributed by atoms with van der Waals surface area (Å²) >= 11 is 1.62. The quantitative estimate of drug-likeness (QED) is 0.375. The van der Waals surface area contributed by atoms with Gasteiger partial charge in [-0.15, -0.1) is 11.3 Å². The summed E-state index contributed by atoms with van der Waals surface area (Å²) < 4.78 is 5.62. The Kier molecular flexibility index (Phi) is 4.30. The molecule has 0 saturated heterocycles. The molecule has 0 aliphatic heterocycles. The highest BCUT2D eigenvalue weighted by Crippen LogP contribution is 2.15. The van der Waals surface area contributed by atoms with Crippen molar-refractivity contribution in [2.24, 2.45) is 10.9 Å². The summed E-state index contributed by atoms with van der Waals surface area (Å²) in [6.45, 7) is 2.53. The maximum absolute atomic E-state index is 8.59. The van der Waals surface area contributed by atoms with Crippen molar-refractivity contribution in [3.05, 3.63) is 40.1 Å². The Morgan fingerprint density at radius 3 is 3.05 bits per heavy atom. The maximum atomic E-state index is 8.59. The molecule has 2 heterocycles. The van der Waals surface area contributed by atoms with Gasteiger partial charge in [-0.2, -0.15) is 0 Å². The predicted octanol–water partition coefficient (Wildman–Crippen LogP) is 1.56. The second-order valence-corrected chi connectivity index (χ2v) is 4.76. The zero-order chi connectivity index (χ0) is 13.7. The van der Waals surface area contributed by atoms with Crippen LogP contribution in [0.15, 0.2) is 29.0 Å². The first-order valence-corrected chi connectivity index (χ1v) is 6.54. The summed E-state index contributed by atoms with van der Waals surface area (Å²) in [6.07, 6.45) is 2.36. The number of hydrogen-bond acceptors (Lipinski definition) is 6. The van der Waals surface area contributed by atoms with Crippen molar-refractivity contribution in [3.8, 4) is 5.75 Å². The molecule has 6 nitrogen and oxygen atoms in total. The number of nitrogens with two attached hydrogens (primary N) is 1. The lowest BCUT2D eigenvalue weighted by molar-refractivity contribution is 0.317. The molecule has 2 rings (SSSR count). The van der Waals surface area contributed by atoms with Gasteiger partial charge in [0.2, 0.25) is 0 Å². The van der Waals surface area contributed by atoms with Crippen molar-refractivity contribution in [1.29, 1.82) is 0 Å². The molecule has 0 aliphatic carbocycles. The monoisotopic (exact) mass is 278 g/mol. The molecule has 0 saturated carbocycles. The number of nitrogens with zero attached hydrogens (tertiary/aromatic N) is 3. The molecule has 0 amide bonds. The van der Waals surface area contributed by atoms with Gasteiger partial charge in [-0.25, -0.2) is 4.98 Å². The van der Waals surface area contributed by atoms with Crippen LogP contribution in [-0.2, 0) is 6.42 Å². The predicted molar refractivity (Wildman–Crippen MR) is 72.8 cm³/mol. The topological polar surface area (TPSA) is 93.6 Å². The number of aryl methyl sites for hydroxylation is 1. The summed E-state index contributed by atoms with van der Waals surface area (Å²) in [5.41, 5.74) is 8.72. The lowest BCUT2D eigenvalue weighted by atomic mass is 10.3. The fourth-order valence-electron chi connectivity index (χ4n) is 1.52. The van der Waals surface area contributed by atoms with E-state index in [1.165, 1.54) is 4.88 Å². The summed E-state index contributed by atoms with van der Waals surface area (Å²) in [4.78, 5) is 9.38. The molecular weight excluding hydrogens is 264 g/mol. The fraction of sp³-hybridized carbons (Fsp3) is 0.250. The minimum atomic E-state index is -0.0382. The van der Waals surface area contributed by atoms with Crippen molar-refractivity contribution < 1.29 is 9.94 Å². The Labute approximate surface area is 114 Å². The Morgan fingerprint density at radius 1 is 1.53 bits per heavy atom. The van der Waals surface area contributed by atoms with E-state index in [2.05, 4.69) is 15.1 Å². The maximum Gasteiger partial charge on any atom is 0.188 e. The lowest BCUT2D eigenvalue weighted by Crippen LogP contribution is -2.15. The third kappa shape index (κ3) is 3.41. The average molecular weight is 278 g/mol. The molecule has 7 heteroatoms. The van der Waals surface area contributed by atoms with E-state index in [0.29, 0.717) is 18.1 Å². The molecule has 0 spiro atoms. The molecule has 0 bridgehead atoms. The highest BCUT2D eigenvalue weighted by molar-refractivity contribution is 7.09. The zero-order valence-corrected chi connectivity index (χ0v) is 11.2. The van der Waals surface area contributed by atoms with E-state index < -0.39 is 0 Å². The van der Waals surface area contributed by atoms with E-state index in [0.717, 1.165) is 12.1 Å². The number of thiazole rings is 1. The number of pyridine rings is 1. The van der Waals surface area contributed by atoms with Gasteiger partial charge in [0.25, 0.3) is 0 Å². The van der Waals surface area contributed by atoms with Crippen LogP contribution in [0, 0.1) is 6.92 Å². The van der Waals surface area contributed by atoms with Crippen molar-refractivity contribution in [3.63, 3.8) is 0 Å². The number of oxime groups is 1. The molecule has 0 aliphatic rings. The standard InChI is InChI=1S/C12H14N4O2S/c1-8-11(19-7-15-8)3-5-18-9-2-4-14-10(6-9)12(13)16-17/h2,4,6-7,17H,3,5H2,1H3,(H2,13,16). The highest BCUT2D eigenvalue weighted by Gasteiger charge is 2.04. The number of rotatable bonds is 5. The Morgan fingerprint density at radius 2 is 2.37 bits per heavy atom. The smallest absolute Gasteiger partial charge is 0.188 e. The van der Waals surface area contributed by atoms with E-state index in [1.807, 2.05) is 12.4 Å². The molecule has 0 unspecified atom stereocenters. The van der Waals surface area contributed by atoms with Gasteiger partial charge in [-0.1, -0.05) is 5.16 Å². The van der Waals surface area contributed by atoms with Gasteiger partial charge in [0.15, 0.2) is 5.84 Å². The Bertz CT molecular complexity index is 583. The highest BCUT2D eigenvalue weighted by atomic mass is 32.1. The minimum absolute atomic E-state index is 0.0382. The first-order chi connectivity index (χ1) is 9.20. The van der Waals surface area contributed by atoms with Gasteiger partial charge < -0.3 is 15.7 Å². The van der Waals surface area contributed by atoms with Crippen LogP contribution in [0.4, 0.5) is 0 Å². The first-order valence-electron chi connectivity index (χ1n) is 5.66. The normalized spacial score (nSPS) is 11.5. The molecule has 2 aromatic heterocycles. The molecule has 3 N–H and O–H groups in total. The number of hydrogen-bond donors (Lipinski definition) is 2. The number of ether oxygens (including phenoxy) is 1. The summed E-state index contributed by atoms with van der Waals surface area (Å²) in [5.74, 6) is 0.600. The van der Waals surface area contributed by atoms with Crippen molar-refractivity contribution in [2.45, 2.75) is 13.3 Å². The van der Waals surface area contributed by atoms with E-state index >= 15 is 0 Å². The van der Waals surface area contributed by atoms with Crippen molar-refractivity contribution in [2.75, 3.05) is 6.61 Å². The summed E-state index contributed by atoms with van der Waals surface area (Å²) in [5, 5.41) is 11.5. The van der Waals surface area contributed by atoms with Gasteiger partial charge >= 0.3 is 0 Å². The van der Waals surface area contributed by atoms with Crippen LogP contribution >= 0.6 is 11.3 Å². The first kappa shape index (κ1) is 13.3. The fourth-order valence-corrected chi connectivity index (χ4v) is 2.28. The van der Waals surface area contributed by atoms with Crippen molar-refractivity contribution >= 4 is 17.2 Å². The van der Waals surface area contributed by atoms with Gasteiger partial charge in [0.1, 0.15) is 11.4 Å². The number of aromatic nitrogens is 2. The SMILES string of the molecule is Cc1ncsc1CCOc1ccnc(C(N)=NO)c1. The molecule has 0 radical (unpaired) electrons. The molecule has 100 valence electrons. The molecule has 0 aromatic carbocycles. The Balaban J connectivity index is 1.95. The number of amidine groups is 1. The molecular formula is C12H14N4O2S. The summed E-state index contributed by atoms with van der Waals surface area (Å²) in [7, 11) is 0. The Hall–Kier alpha value is -2.15. The van der Waals surface area contributed by atoms with Gasteiger partial charge in [-0.05, 0) is 13.0 Å². The van der Waals surface area contributed by atoms with Crippen molar-refractivity contribution in [1.82, 2.24) is 9.97 Å². The minimum Gasteiger partial charge on any atom is -0.493 e. The molecule has 0 atom stereocenters. The second-order valence-electron chi connectivity index (χ2n) is 3.82. The van der Waals surface area contributed by atoms with Crippen LogP contribution < -0.4 is 10.5 Å². The van der Waals surface area contributed by atoms with Crippen LogP contribution in [0.2, 0.25) is 0 Å². The average Bonchev–Trinajstić information content (AvgIpc) is 2.84. The third-order valence-electron chi connectivity index (χ3n) is 2.54. The van der Waals surface area contributed by atoms with Crippen LogP contribution in [-0.4, -0.2) is 27.6 Å². The second kappa shape index (κ2) is 6.14. The zero-order valence-electron chi connectivity index (χ0n) is 10.4. The van der Waals surface area contributed by atoms with Crippen LogP contribution in [0.1, 0.15) is 16.3 Å². The van der Waals surface area contributed by atoms with Gasteiger partial charge in [0.05, 0.1) is 17.8 Å². The van der Waals surface area contributed by atoms with Gasteiger partial charge in [0, 0.05) is 23.6 Å². The molecule has 19 heavy (non-hydrogen) atoms. The lowest BCUT2D eigenvalue weighted by Gasteiger charge is -2.06. The molecule has 0 fully saturated rings. The van der Waals surface area contributed by atoms with E-state index in [4.69, 9.17) is 15.7 Å². The van der Waals surface area contributed by atoms with E-state index in [-0.39, 0.29) is 5.84 Å². The third-order valence-corrected chi connectivity index (χ3v) is 3.54. The van der Waals surface area contributed by atoms with Gasteiger partial charge in [-0.3, -0.25) is 4.98 Å². The largest absolute Gasteiger partial charge is 0.493 e. The van der Waals surface area contributed by atoms with Crippen LogP contribution in [0.5, 0.6) is 5.75 Å².